The molecule has 1 unspecified atom stereocenters. The number of hydrogen-bond acceptors (Lipinski definition) is 5. The second-order valence-electron chi connectivity index (χ2n) is 4.98. The van der Waals surface area contributed by atoms with Gasteiger partial charge in [-0.1, -0.05) is 26.0 Å². The lowest BCUT2D eigenvalue weighted by Crippen LogP contribution is -2.21. The summed E-state index contributed by atoms with van der Waals surface area (Å²) in [7, 11) is 1.66. The molecule has 2 rings (SSSR count). The van der Waals surface area contributed by atoms with Crippen LogP contribution < -0.4 is 10.1 Å². The summed E-state index contributed by atoms with van der Waals surface area (Å²) >= 11 is 0. The zero-order chi connectivity index (χ0) is 15.1. The molecule has 1 aromatic heterocycles. The number of rotatable bonds is 8. The Morgan fingerprint density at radius 2 is 2.14 bits per heavy atom. The number of nitrogens with zero attached hydrogens (tertiary/aromatic N) is 2. The Kier molecular flexibility index (Phi) is 5.75. The van der Waals surface area contributed by atoms with Crippen molar-refractivity contribution in [2.45, 2.75) is 39.2 Å². The lowest BCUT2D eigenvalue weighted by molar-refractivity contribution is 0.375. The first-order valence-electron chi connectivity index (χ1n) is 7.45. The van der Waals surface area contributed by atoms with Gasteiger partial charge in [-0.15, -0.1) is 10.2 Å². The van der Waals surface area contributed by atoms with Crippen LogP contribution in [0.3, 0.4) is 0 Å². The summed E-state index contributed by atoms with van der Waals surface area (Å²) in [5.74, 6) is 2.14. The highest BCUT2D eigenvalue weighted by Gasteiger charge is 2.16. The van der Waals surface area contributed by atoms with E-state index < -0.39 is 0 Å². The first-order valence-corrected chi connectivity index (χ1v) is 7.45. The Labute approximate surface area is 125 Å². The number of ether oxygens (including phenoxy) is 1. The molecule has 5 nitrogen and oxygen atoms in total. The molecule has 0 aliphatic heterocycles. The molecule has 114 valence electrons. The van der Waals surface area contributed by atoms with Gasteiger partial charge in [0.05, 0.1) is 19.6 Å². The molecule has 0 bridgehead atoms. The molecule has 1 N–H and O–H groups in total. The van der Waals surface area contributed by atoms with Crippen molar-refractivity contribution in [2.75, 3.05) is 13.7 Å². The van der Waals surface area contributed by atoms with Gasteiger partial charge in [0.2, 0.25) is 11.8 Å². The molecule has 0 fully saturated rings. The quantitative estimate of drug-likeness (QED) is 0.809. The molecule has 0 aliphatic rings. The maximum Gasteiger partial charge on any atom is 0.233 e. The van der Waals surface area contributed by atoms with Gasteiger partial charge >= 0.3 is 0 Å². The molecule has 0 saturated carbocycles. The van der Waals surface area contributed by atoms with E-state index in [0.29, 0.717) is 18.2 Å². The zero-order valence-corrected chi connectivity index (χ0v) is 12.9. The van der Waals surface area contributed by atoms with Gasteiger partial charge in [0.1, 0.15) is 5.75 Å². The van der Waals surface area contributed by atoms with Crippen LogP contribution in [-0.2, 0) is 6.42 Å². The van der Waals surface area contributed by atoms with Crippen molar-refractivity contribution < 1.29 is 9.15 Å². The Hall–Kier alpha value is -1.88. The normalized spacial score (nSPS) is 12.3. The third-order valence-electron chi connectivity index (χ3n) is 3.32. The minimum absolute atomic E-state index is 0.136. The SMILES string of the molecule is CCCNC(CC)c1nnc(Cc2cccc(OC)c2)o1. The van der Waals surface area contributed by atoms with Crippen molar-refractivity contribution in [3.8, 4) is 5.75 Å². The summed E-state index contributed by atoms with van der Waals surface area (Å²) in [5, 5.41) is 11.7. The third-order valence-corrected chi connectivity index (χ3v) is 3.32. The first-order chi connectivity index (χ1) is 10.3. The maximum absolute atomic E-state index is 5.79. The fraction of sp³-hybridized carbons (Fsp3) is 0.500. The first kappa shape index (κ1) is 15.5. The van der Waals surface area contributed by atoms with Crippen molar-refractivity contribution in [1.29, 1.82) is 0 Å². The van der Waals surface area contributed by atoms with Crippen LogP contribution in [0.15, 0.2) is 28.7 Å². The van der Waals surface area contributed by atoms with Gasteiger partial charge in [0, 0.05) is 0 Å². The number of hydrogen-bond donors (Lipinski definition) is 1. The molecular weight excluding hydrogens is 266 g/mol. The summed E-state index contributed by atoms with van der Waals surface area (Å²) in [5.41, 5.74) is 1.10. The van der Waals surface area contributed by atoms with Crippen LogP contribution in [0, 0.1) is 0 Å². The zero-order valence-electron chi connectivity index (χ0n) is 12.9. The van der Waals surface area contributed by atoms with Crippen molar-refractivity contribution in [1.82, 2.24) is 15.5 Å². The minimum atomic E-state index is 0.136. The fourth-order valence-electron chi connectivity index (χ4n) is 2.16. The lowest BCUT2D eigenvalue weighted by atomic mass is 10.1. The molecule has 0 spiro atoms. The molecule has 0 radical (unpaired) electrons. The van der Waals surface area contributed by atoms with Crippen LogP contribution in [0.25, 0.3) is 0 Å². The van der Waals surface area contributed by atoms with Crippen LogP contribution in [0.4, 0.5) is 0 Å². The molecular formula is C16H23N3O2. The molecule has 5 heteroatoms. The van der Waals surface area contributed by atoms with Crippen molar-refractivity contribution in [3.63, 3.8) is 0 Å². The van der Waals surface area contributed by atoms with E-state index in [4.69, 9.17) is 9.15 Å². The maximum atomic E-state index is 5.79. The van der Waals surface area contributed by atoms with E-state index in [1.807, 2.05) is 24.3 Å². The van der Waals surface area contributed by atoms with Gasteiger partial charge in [0.15, 0.2) is 0 Å². The molecule has 1 heterocycles. The highest BCUT2D eigenvalue weighted by atomic mass is 16.5. The molecule has 2 aromatic rings. The molecule has 21 heavy (non-hydrogen) atoms. The van der Waals surface area contributed by atoms with Crippen LogP contribution >= 0.6 is 0 Å². The minimum Gasteiger partial charge on any atom is -0.497 e. The highest BCUT2D eigenvalue weighted by molar-refractivity contribution is 5.29. The monoisotopic (exact) mass is 289 g/mol. The summed E-state index contributed by atoms with van der Waals surface area (Å²) in [6.07, 6.45) is 2.64. The van der Waals surface area contributed by atoms with Gasteiger partial charge in [-0.2, -0.15) is 0 Å². The summed E-state index contributed by atoms with van der Waals surface area (Å²) in [6, 6.07) is 8.03. The average Bonchev–Trinajstić information content (AvgIpc) is 2.96. The van der Waals surface area contributed by atoms with Gasteiger partial charge in [-0.25, -0.2) is 0 Å². The Bertz CT molecular complexity index is 554. The Morgan fingerprint density at radius 3 is 2.86 bits per heavy atom. The van der Waals surface area contributed by atoms with E-state index in [2.05, 4.69) is 29.4 Å². The van der Waals surface area contributed by atoms with Gasteiger partial charge < -0.3 is 14.5 Å². The second-order valence-corrected chi connectivity index (χ2v) is 4.98. The van der Waals surface area contributed by atoms with Crippen LogP contribution in [0.2, 0.25) is 0 Å². The van der Waals surface area contributed by atoms with Crippen LogP contribution in [0.1, 0.15) is 50.1 Å². The number of nitrogens with one attached hydrogen (secondary N) is 1. The van der Waals surface area contributed by atoms with Crippen LogP contribution in [0.5, 0.6) is 5.75 Å². The van der Waals surface area contributed by atoms with Gasteiger partial charge in [-0.3, -0.25) is 0 Å². The van der Waals surface area contributed by atoms with E-state index in [-0.39, 0.29) is 6.04 Å². The largest absolute Gasteiger partial charge is 0.497 e. The van der Waals surface area contributed by atoms with E-state index in [1.54, 1.807) is 7.11 Å². The standard InChI is InChI=1S/C16H23N3O2/c1-4-9-17-14(5-2)16-19-18-15(21-16)11-12-7-6-8-13(10-12)20-3/h6-8,10,14,17H,4-5,9,11H2,1-3H3. The van der Waals surface area contributed by atoms with Crippen molar-refractivity contribution >= 4 is 0 Å². The van der Waals surface area contributed by atoms with E-state index >= 15 is 0 Å². The van der Waals surface area contributed by atoms with Crippen LogP contribution in [-0.4, -0.2) is 23.9 Å². The van der Waals surface area contributed by atoms with E-state index in [1.165, 1.54) is 0 Å². The number of aromatic nitrogens is 2. The number of benzene rings is 1. The third kappa shape index (κ3) is 4.29. The number of methoxy groups -OCH3 is 1. The summed E-state index contributed by atoms with van der Waals surface area (Å²) in [6.45, 7) is 5.20. The summed E-state index contributed by atoms with van der Waals surface area (Å²) in [4.78, 5) is 0. The van der Waals surface area contributed by atoms with Crippen molar-refractivity contribution in [3.05, 3.63) is 41.6 Å². The smallest absolute Gasteiger partial charge is 0.233 e. The second kappa shape index (κ2) is 7.78. The Balaban J connectivity index is 2.04. The van der Waals surface area contributed by atoms with E-state index in [9.17, 15) is 0 Å². The average molecular weight is 289 g/mol. The Morgan fingerprint density at radius 1 is 1.29 bits per heavy atom. The topological polar surface area (TPSA) is 60.2 Å². The van der Waals surface area contributed by atoms with E-state index in [0.717, 1.165) is 30.7 Å². The predicted octanol–water partition coefficient (Wildman–Crippen LogP) is 3.12. The fourth-order valence-corrected chi connectivity index (χ4v) is 2.16. The highest BCUT2D eigenvalue weighted by Crippen LogP contribution is 2.19. The van der Waals surface area contributed by atoms with Gasteiger partial charge in [-0.05, 0) is 37.1 Å². The van der Waals surface area contributed by atoms with Crippen molar-refractivity contribution in [2.24, 2.45) is 0 Å². The lowest BCUT2D eigenvalue weighted by Gasteiger charge is -2.11. The van der Waals surface area contributed by atoms with Gasteiger partial charge in [0.25, 0.3) is 0 Å². The summed E-state index contributed by atoms with van der Waals surface area (Å²) < 4.78 is 11.0. The molecule has 0 aliphatic carbocycles. The molecule has 1 atom stereocenters. The molecule has 0 amide bonds. The molecule has 0 saturated heterocycles. The predicted molar refractivity (Wildman–Crippen MR) is 81.4 cm³/mol. The molecule has 1 aromatic carbocycles.